The second kappa shape index (κ2) is 4.97. The summed E-state index contributed by atoms with van der Waals surface area (Å²) in [6.45, 7) is 6.22. The van der Waals surface area contributed by atoms with Gasteiger partial charge >= 0.3 is 5.69 Å². The largest absolute Gasteiger partial charge is 0.392 e. The molecule has 2 unspecified atom stereocenters. The summed E-state index contributed by atoms with van der Waals surface area (Å²) in [5, 5.41) is 12.8. The fraction of sp³-hybridized carbons (Fsp3) is 0.692. The molecule has 2 atom stereocenters. The van der Waals surface area contributed by atoms with E-state index < -0.39 is 17.4 Å². The Kier molecular flexibility index (Phi) is 3.64. The van der Waals surface area contributed by atoms with E-state index in [9.17, 15) is 14.7 Å². The van der Waals surface area contributed by atoms with E-state index in [1.807, 2.05) is 20.8 Å². The predicted molar refractivity (Wildman–Crippen MR) is 77.8 cm³/mol. The van der Waals surface area contributed by atoms with E-state index >= 15 is 0 Å². The molecule has 0 radical (unpaired) electrons. The van der Waals surface area contributed by atoms with Gasteiger partial charge < -0.3 is 16.2 Å². The van der Waals surface area contributed by atoms with Gasteiger partial charge in [0.15, 0.2) is 0 Å². The second-order valence-corrected chi connectivity index (χ2v) is 5.94. The highest BCUT2D eigenvalue weighted by atomic mass is 16.3. The molecule has 0 aliphatic heterocycles. The van der Waals surface area contributed by atoms with E-state index in [-0.39, 0.29) is 23.0 Å². The predicted octanol–water partition coefficient (Wildman–Crippen LogP) is 0.100. The van der Waals surface area contributed by atoms with Crippen LogP contribution in [0, 0.1) is 5.41 Å². The molecule has 112 valence electrons. The Labute approximate surface area is 116 Å². The molecule has 20 heavy (non-hydrogen) atoms. The topological polar surface area (TPSA) is 113 Å². The van der Waals surface area contributed by atoms with Gasteiger partial charge in [-0.2, -0.15) is 0 Å². The van der Waals surface area contributed by atoms with Crippen LogP contribution in [0.5, 0.6) is 0 Å². The number of aliphatic hydroxyl groups excluding tert-OH is 1. The first-order valence-corrected chi connectivity index (χ1v) is 6.86. The standard InChI is InChI=1S/C13H22N4O3/c1-4-5-17-10(14)9(11(19)16-12(17)20)15-7-6-8(18)13(7,2)3/h7-8,15,18H,4-6,14H2,1-3H3,(H,16,19,20). The molecule has 5 N–H and O–H groups in total. The van der Waals surface area contributed by atoms with Crippen LogP contribution < -0.4 is 22.3 Å². The average Bonchev–Trinajstić information content (AvgIpc) is 2.38. The number of nitrogens with two attached hydrogens (primary N) is 1. The highest BCUT2D eigenvalue weighted by Crippen LogP contribution is 2.42. The molecular formula is C13H22N4O3. The SMILES string of the molecule is CCCn1c(N)c(NC2CC(O)C2(C)C)c(=O)[nH]c1=O. The maximum Gasteiger partial charge on any atom is 0.330 e. The zero-order valence-electron chi connectivity index (χ0n) is 12.1. The molecule has 0 amide bonds. The number of rotatable bonds is 4. The van der Waals surface area contributed by atoms with Gasteiger partial charge in [-0.25, -0.2) is 4.79 Å². The minimum atomic E-state index is -0.517. The highest BCUT2D eigenvalue weighted by Gasteiger charge is 2.47. The van der Waals surface area contributed by atoms with Gasteiger partial charge in [0.25, 0.3) is 5.56 Å². The number of hydrogen-bond donors (Lipinski definition) is 4. The lowest BCUT2D eigenvalue weighted by atomic mass is 9.64. The van der Waals surface area contributed by atoms with Gasteiger partial charge in [-0.1, -0.05) is 20.8 Å². The number of hydrogen-bond acceptors (Lipinski definition) is 5. The van der Waals surface area contributed by atoms with E-state index in [1.165, 1.54) is 4.57 Å². The molecule has 0 bridgehead atoms. The number of anilines is 2. The van der Waals surface area contributed by atoms with Crippen LogP contribution in [0.4, 0.5) is 11.5 Å². The fourth-order valence-electron chi connectivity index (χ4n) is 2.49. The summed E-state index contributed by atoms with van der Waals surface area (Å²) >= 11 is 0. The first-order chi connectivity index (χ1) is 9.28. The molecule has 0 saturated heterocycles. The smallest absolute Gasteiger partial charge is 0.330 e. The number of aliphatic hydroxyl groups is 1. The Morgan fingerprint density at radius 3 is 2.65 bits per heavy atom. The summed E-state index contributed by atoms with van der Waals surface area (Å²) < 4.78 is 1.35. The van der Waals surface area contributed by atoms with Crippen molar-refractivity contribution in [3.63, 3.8) is 0 Å². The Hall–Kier alpha value is -1.76. The molecule has 2 rings (SSSR count). The van der Waals surface area contributed by atoms with Crippen LogP contribution >= 0.6 is 0 Å². The van der Waals surface area contributed by atoms with Crippen molar-refractivity contribution >= 4 is 11.5 Å². The van der Waals surface area contributed by atoms with E-state index in [0.717, 1.165) is 6.42 Å². The first kappa shape index (κ1) is 14.6. The Bertz CT molecular complexity index is 617. The van der Waals surface area contributed by atoms with Gasteiger partial charge in [0.1, 0.15) is 11.5 Å². The average molecular weight is 282 g/mol. The lowest BCUT2D eigenvalue weighted by Gasteiger charge is -2.49. The number of aromatic amines is 1. The molecule has 1 aliphatic rings. The Morgan fingerprint density at radius 2 is 2.15 bits per heavy atom. The van der Waals surface area contributed by atoms with Crippen LogP contribution in [0.25, 0.3) is 0 Å². The zero-order chi connectivity index (χ0) is 15.1. The minimum Gasteiger partial charge on any atom is -0.392 e. The summed E-state index contributed by atoms with van der Waals surface area (Å²) in [5.74, 6) is 0.151. The molecule has 1 aliphatic carbocycles. The summed E-state index contributed by atoms with van der Waals surface area (Å²) in [6, 6.07) is -0.0477. The van der Waals surface area contributed by atoms with E-state index in [2.05, 4.69) is 10.3 Å². The van der Waals surface area contributed by atoms with Crippen molar-refractivity contribution < 1.29 is 5.11 Å². The number of H-pyrrole nitrogens is 1. The van der Waals surface area contributed by atoms with Crippen LogP contribution in [0.15, 0.2) is 9.59 Å². The van der Waals surface area contributed by atoms with Gasteiger partial charge in [0, 0.05) is 18.0 Å². The highest BCUT2D eigenvalue weighted by molar-refractivity contribution is 5.61. The van der Waals surface area contributed by atoms with Gasteiger partial charge in [0.2, 0.25) is 0 Å². The normalized spacial score (nSPS) is 24.2. The second-order valence-electron chi connectivity index (χ2n) is 5.94. The van der Waals surface area contributed by atoms with Gasteiger partial charge in [-0.3, -0.25) is 14.3 Å². The molecule has 0 spiro atoms. The third kappa shape index (κ3) is 2.22. The maximum absolute atomic E-state index is 11.9. The van der Waals surface area contributed by atoms with Crippen molar-refractivity contribution in [1.29, 1.82) is 0 Å². The molecule has 7 nitrogen and oxygen atoms in total. The minimum absolute atomic E-state index is 0.0477. The van der Waals surface area contributed by atoms with E-state index in [4.69, 9.17) is 5.73 Å². The molecule has 7 heteroatoms. The van der Waals surface area contributed by atoms with Crippen molar-refractivity contribution in [1.82, 2.24) is 9.55 Å². The van der Waals surface area contributed by atoms with Crippen molar-refractivity contribution in [2.75, 3.05) is 11.1 Å². The first-order valence-electron chi connectivity index (χ1n) is 6.86. The van der Waals surface area contributed by atoms with E-state index in [1.54, 1.807) is 0 Å². The number of nitrogens with one attached hydrogen (secondary N) is 2. The zero-order valence-corrected chi connectivity index (χ0v) is 12.1. The summed E-state index contributed by atoms with van der Waals surface area (Å²) in [6.07, 6.45) is 0.893. The molecular weight excluding hydrogens is 260 g/mol. The number of nitrogens with zero attached hydrogens (tertiary/aromatic N) is 1. The van der Waals surface area contributed by atoms with Crippen molar-refractivity contribution in [2.45, 2.75) is 52.3 Å². The van der Waals surface area contributed by atoms with Crippen LogP contribution in [0.2, 0.25) is 0 Å². The van der Waals surface area contributed by atoms with Crippen LogP contribution in [0.3, 0.4) is 0 Å². The third-order valence-corrected chi connectivity index (χ3v) is 4.22. The Balaban J connectivity index is 2.36. The molecule has 1 fully saturated rings. The molecule has 0 aromatic carbocycles. The van der Waals surface area contributed by atoms with Gasteiger partial charge in [0.05, 0.1) is 6.10 Å². The summed E-state index contributed by atoms with van der Waals surface area (Å²) in [7, 11) is 0. The van der Waals surface area contributed by atoms with Gasteiger partial charge in [-0.05, 0) is 12.8 Å². The summed E-state index contributed by atoms with van der Waals surface area (Å²) in [4.78, 5) is 25.9. The Morgan fingerprint density at radius 1 is 1.50 bits per heavy atom. The molecule has 1 saturated carbocycles. The van der Waals surface area contributed by atoms with Crippen molar-refractivity contribution in [2.24, 2.45) is 5.41 Å². The van der Waals surface area contributed by atoms with Crippen LogP contribution in [0.1, 0.15) is 33.6 Å². The van der Waals surface area contributed by atoms with Crippen LogP contribution in [-0.2, 0) is 6.54 Å². The van der Waals surface area contributed by atoms with E-state index in [0.29, 0.717) is 13.0 Å². The molecule has 1 heterocycles. The van der Waals surface area contributed by atoms with Crippen molar-refractivity contribution in [3.8, 4) is 0 Å². The number of aromatic nitrogens is 2. The molecule has 1 aromatic heterocycles. The maximum atomic E-state index is 11.9. The van der Waals surface area contributed by atoms with Crippen LogP contribution in [-0.4, -0.2) is 26.8 Å². The lowest BCUT2D eigenvalue weighted by Crippen LogP contribution is -2.57. The third-order valence-electron chi connectivity index (χ3n) is 4.22. The molecule has 1 aromatic rings. The van der Waals surface area contributed by atoms with Gasteiger partial charge in [-0.15, -0.1) is 0 Å². The monoisotopic (exact) mass is 282 g/mol. The lowest BCUT2D eigenvalue weighted by molar-refractivity contribution is -0.0510. The van der Waals surface area contributed by atoms with Crippen molar-refractivity contribution in [3.05, 3.63) is 20.8 Å². The fourth-order valence-corrected chi connectivity index (χ4v) is 2.49. The summed E-state index contributed by atoms with van der Waals surface area (Å²) in [5.41, 5.74) is 4.81. The quantitative estimate of drug-likeness (QED) is 0.625. The number of nitrogen functional groups attached to an aromatic ring is 1.